The van der Waals surface area contributed by atoms with E-state index in [1.54, 1.807) is 0 Å². The number of esters is 1. The number of rotatable bonds is 6. The summed E-state index contributed by atoms with van der Waals surface area (Å²) >= 11 is 0. The molecule has 0 spiro atoms. The molecule has 0 saturated carbocycles. The number of carbonyl (C=O) groups excluding carboxylic acids is 1. The molecule has 0 aliphatic rings. The van der Waals surface area contributed by atoms with Crippen LogP contribution in [0.4, 0.5) is 0 Å². The number of hydrogen-bond donors (Lipinski definition) is 2. The zero-order chi connectivity index (χ0) is 12.7. The number of nitrogens with two attached hydrogens (primary N) is 1. The molecule has 17 heavy (non-hydrogen) atoms. The van der Waals surface area contributed by atoms with Crippen LogP contribution in [0.15, 0.2) is 30.3 Å². The van der Waals surface area contributed by atoms with E-state index in [1.807, 2.05) is 30.3 Å². The minimum atomic E-state index is -1.20. The van der Waals surface area contributed by atoms with Crippen molar-refractivity contribution >= 4 is 11.9 Å². The van der Waals surface area contributed by atoms with Crippen molar-refractivity contribution in [3.8, 4) is 0 Å². The molecule has 1 atom stereocenters. The van der Waals surface area contributed by atoms with Crippen LogP contribution < -0.4 is 5.73 Å². The van der Waals surface area contributed by atoms with Gasteiger partial charge in [0, 0.05) is 6.42 Å². The predicted octanol–water partition coefficient (Wildman–Crippen LogP) is 0.574. The number of ether oxygens (including phenoxy) is 1. The van der Waals surface area contributed by atoms with E-state index < -0.39 is 18.0 Å². The summed E-state index contributed by atoms with van der Waals surface area (Å²) in [6.07, 6.45) is 0.305. The minimum Gasteiger partial charge on any atom is -0.480 e. The van der Waals surface area contributed by atoms with Crippen molar-refractivity contribution in [2.24, 2.45) is 5.73 Å². The summed E-state index contributed by atoms with van der Waals surface area (Å²) in [6, 6.07) is 8.36. The Balaban J connectivity index is 2.23. The lowest BCUT2D eigenvalue weighted by atomic mass is 10.2. The van der Waals surface area contributed by atoms with Crippen molar-refractivity contribution in [3.05, 3.63) is 35.9 Å². The number of carboxylic acid groups (broad SMARTS) is 1. The first kappa shape index (κ1) is 13.2. The molecule has 1 aromatic rings. The van der Waals surface area contributed by atoms with E-state index in [4.69, 9.17) is 15.6 Å². The highest BCUT2D eigenvalue weighted by Gasteiger charge is 2.16. The minimum absolute atomic E-state index is 0.231. The third kappa shape index (κ3) is 5.12. The standard InChI is InChI=1S/C12H15NO4/c13-10(12(15)16)8-11(14)17-7-6-9-4-2-1-3-5-9/h1-5,10H,6-8,13H2,(H,15,16)/t10-/m1/s1. The molecule has 0 heterocycles. The van der Waals surface area contributed by atoms with Crippen molar-refractivity contribution in [2.45, 2.75) is 18.9 Å². The van der Waals surface area contributed by atoms with Gasteiger partial charge in [0.25, 0.3) is 0 Å². The Morgan fingerprint density at radius 1 is 1.29 bits per heavy atom. The molecule has 0 unspecified atom stereocenters. The second-order valence-electron chi connectivity index (χ2n) is 3.60. The normalized spacial score (nSPS) is 11.8. The van der Waals surface area contributed by atoms with Crippen molar-refractivity contribution in [3.63, 3.8) is 0 Å². The second-order valence-corrected chi connectivity index (χ2v) is 3.60. The molecule has 3 N–H and O–H groups in total. The molecule has 0 amide bonds. The molecule has 0 aliphatic carbocycles. The molecule has 0 saturated heterocycles. The van der Waals surface area contributed by atoms with E-state index in [2.05, 4.69) is 0 Å². The molecule has 0 aromatic heterocycles. The van der Waals surface area contributed by atoms with Gasteiger partial charge < -0.3 is 15.6 Å². The molecule has 0 radical (unpaired) electrons. The van der Waals surface area contributed by atoms with E-state index in [0.717, 1.165) is 5.56 Å². The smallest absolute Gasteiger partial charge is 0.321 e. The van der Waals surface area contributed by atoms with Crippen LogP contribution in [-0.4, -0.2) is 29.7 Å². The summed E-state index contributed by atoms with van der Waals surface area (Å²) in [5.74, 6) is -1.79. The lowest BCUT2D eigenvalue weighted by Gasteiger charge is -2.07. The number of aliphatic carboxylic acids is 1. The fourth-order valence-corrected chi connectivity index (χ4v) is 1.25. The summed E-state index contributed by atoms with van der Waals surface area (Å²) in [4.78, 5) is 21.6. The van der Waals surface area contributed by atoms with Crippen molar-refractivity contribution < 1.29 is 19.4 Å². The van der Waals surface area contributed by atoms with E-state index in [1.165, 1.54) is 0 Å². The molecule has 1 aromatic carbocycles. The maximum atomic E-state index is 11.2. The van der Waals surface area contributed by atoms with Gasteiger partial charge in [0.1, 0.15) is 6.04 Å². The van der Waals surface area contributed by atoms with Gasteiger partial charge in [0.15, 0.2) is 0 Å². The first-order valence-electron chi connectivity index (χ1n) is 5.27. The van der Waals surface area contributed by atoms with Gasteiger partial charge in [-0.25, -0.2) is 0 Å². The molecule has 0 fully saturated rings. The van der Waals surface area contributed by atoms with Crippen molar-refractivity contribution in [1.82, 2.24) is 0 Å². The highest BCUT2D eigenvalue weighted by molar-refractivity contribution is 5.81. The summed E-state index contributed by atoms with van der Waals surface area (Å²) in [5.41, 5.74) is 6.26. The topological polar surface area (TPSA) is 89.6 Å². The van der Waals surface area contributed by atoms with Gasteiger partial charge in [-0.1, -0.05) is 30.3 Å². The maximum Gasteiger partial charge on any atom is 0.321 e. The van der Waals surface area contributed by atoms with Gasteiger partial charge in [-0.15, -0.1) is 0 Å². The second kappa shape index (κ2) is 6.65. The zero-order valence-corrected chi connectivity index (χ0v) is 9.33. The van der Waals surface area contributed by atoms with Gasteiger partial charge in [0.05, 0.1) is 13.0 Å². The highest BCUT2D eigenvalue weighted by Crippen LogP contribution is 2.00. The number of hydrogen-bond acceptors (Lipinski definition) is 4. The Kier molecular flexibility index (Phi) is 5.16. The molecule has 92 valence electrons. The summed E-state index contributed by atoms with van der Waals surface area (Å²) in [5, 5.41) is 8.50. The van der Waals surface area contributed by atoms with Crippen LogP contribution in [0.2, 0.25) is 0 Å². The summed E-state index contributed by atoms with van der Waals surface area (Å²) in [6.45, 7) is 0.231. The third-order valence-corrected chi connectivity index (χ3v) is 2.20. The Morgan fingerprint density at radius 3 is 2.53 bits per heavy atom. The lowest BCUT2D eigenvalue weighted by molar-refractivity contribution is -0.148. The van der Waals surface area contributed by atoms with Crippen LogP contribution in [0.5, 0.6) is 0 Å². The third-order valence-electron chi connectivity index (χ3n) is 2.20. The SMILES string of the molecule is N[C@H](CC(=O)OCCc1ccccc1)C(=O)O. The number of benzene rings is 1. The average molecular weight is 237 g/mol. The van der Waals surface area contributed by atoms with Crippen LogP contribution in [-0.2, 0) is 20.7 Å². The van der Waals surface area contributed by atoms with Crippen LogP contribution in [0.1, 0.15) is 12.0 Å². The van der Waals surface area contributed by atoms with Crippen LogP contribution in [0.25, 0.3) is 0 Å². The summed E-state index contributed by atoms with van der Waals surface area (Å²) < 4.78 is 4.88. The van der Waals surface area contributed by atoms with Crippen molar-refractivity contribution in [1.29, 1.82) is 0 Å². The highest BCUT2D eigenvalue weighted by atomic mass is 16.5. The molecular formula is C12H15NO4. The first-order chi connectivity index (χ1) is 8.09. The fourth-order valence-electron chi connectivity index (χ4n) is 1.25. The molecule has 0 bridgehead atoms. The Labute approximate surface area is 99.2 Å². The fraction of sp³-hybridized carbons (Fsp3) is 0.333. The monoisotopic (exact) mass is 237 g/mol. The van der Waals surface area contributed by atoms with Crippen LogP contribution >= 0.6 is 0 Å². The Hall–Kier alpha value is -1.88. The van der Waals surface area contributed by atoms with Gasteiger partial charge in [-0.2, -0.15) is 0 Å². The Morgan fingerprint density at radius 2 is 1.94 bits per heavy atom. The lowest BCUT2D eigenvalue weighted by Crippen LogP contribution is -2.33. The van der Waals surface area contributed by atoms with E-state index >= 15 is 0 Å². The van der Waals surface area contributed by atoms with E-state index in [9.17, 15) is 9.59 Å². The number of carbonyl (C=O) groups is 2. The van der Waals surface area contributed by atoms with Crippen molar-refractivity contribution in [2.75, 3.05) is 6.61 Å². The molecule has 5 heteroatoms. The predicted molar refractivity (Wildman–Crippen MR) is 61.3 cm³/mol. The average Bonchev–Trinajstić information content (AvgIpc) is 2.30. The van der Waals surface area contributed by atoms with Gasteiger partial charge in [0.2, 0.25) is 0 Å². The molecule has 5 nitrogen and oxygen atoms in total. The first-order valence-corrected chi connectivity index (χ1v) is 5.27. The molecular weight excluding hydrogens is 222 g/mol. The molecule has 0 aliphatic heterocycles. The van der Waals surface area contributed by atoms with Gasteiger partial charge in [-0.3, -0.25) is 9.59 Å². The van der Waals surface area contributed by atoms with Gasteiger partial charge in [-0.05, 0) is 5.56 Å². The molecule has 1 rings (SSSR count). The van der Waals surface area contributed by atoms with E-state index in [-0.39, 0.29) is 13.0 Å². The quantitative estimate of drug-likeness (QED) is 0.706. The van der Waals surface area contributed by atoms with Crippen LogP contribution in [0.3, 0.4) is 0 Å². The largest absolute Gasteiger partial charge is 0.480 e. The number of carboxylic acids is 1. The summed E-state index contributed by atoms with van der Waals surface area (Å²) in [7, 11) is 0. The maximum absolute atomic E-state index is 11.2. The van der Waals surface area contributed by atoms with Gasteiger partial charge >= 0.3 is 11.9 Å². The Bertz CT molecular complexity index is 377. The van der Waals surface area contributed by atoms with E-state index in [0.29, 0.717) is 6.42 Å². The zero-order valence-electron chi connectivity index (χ0n) is 9.33. The van der Waals surface area contributed by atoms with Crippen LogP contribution in [0, 0.1) is 0 Å².